The number of hydrogen-bond donors (Lipinski definition) is 0. The average molecular weight is 238 g/mol. The summed E-state index contributed by atoms with van der Waals surface area (Å²) >= 11 is 2.41. The second-order valence-electron chi connectivity index (χ2n) is 3.29. The summed E-state index contributed by atoms with van der Waals surface area (Å²) in [5.74, 6) is 0. The van der Waals surface area contributed by atoms with Crippen LogP contribution in [0.3, 0.4) is 0 Å². The van der Waals surface area contributed by atoms with Crippen molar-refractivity contribution in [2.24, 2.45) is 5.41 Å². The first-order valence-corrected chi connectivity index (χ1v) is 5.05. The van der Waals surface area contributed by atoms with Gasteiger partial charge in [-0.25, -0.2) is 0 Å². The van der Waals surface area contributed by atoms with Gasteiger partial charge in [0.05, 0.1) is 12.7 Å². The summed E-state index contributed by atoms with van der Waals surface area (Å²) in [6.45, 7) is 1.06. The quantitative estimate of drug-likeness (QED) is 0.501. The van der Waals surface area contributed by atoms with Crippen LogP contribution < -0.4 is 0 Å². The van der Waals surface area contributed by atoms with E-state index >= 15 is 0 Å². The van der Waals surface area contributed by atoms with E-state index in [2.05, 4.69) is 22.6 Å². The Morgan fingerprint density at radius 2 is 2.33 bits per heavy atom. The Morgan fingerprint density at radius 3 is 2.67 bits per heavy atom. The van der Waals surface area contributed by atoms with Crippen LogP contribution >= 0.6 is 22.6 Å². The van der Waals surface area contributed by atoms with Crippen LogP contribution in [0.25, 0.3) is 0 Å². The first-order valence-electron chi connectivity index (χ1n) is 3.52. The molecule has 1 aliphatic heterocycles. The van der Waals surface area contributed by atoms with Crippen molar-refractivity contribution in [3.8, 4) is 0 Å². The van der Waals surface area contributed by atoms with Crippen molar-refractivity contribution in [1.82, 2.24) is 0 Å². The molecule has 0 radical (unpaired) electrons. The van der Waals surface area contributed by atoms with Crippen molar-refractivity contribution >= 4 is 22.6 Å². The summed E-state index contributed by atoms with van der Waals surface area (Å²) in [6.07, 6.45) is 4.80. The van der Waals surface area contributed by atoms with Crippen LogP contribution in [-0.4, -0.2) is 17.1 Å². The molecule has 2 aliphatic rings. The van der Waals surface area contributed by atoms with E-state index in [0.29, 0.717) is 11.5 Å². The Morgan fingerprint density at radius 1 is 1.56 bits per heavy atom. The first kappa shape index (κ1) is 6.40. The highest BCUT2D eigenvalue weighted by atomic mass is 127. The van der Waals surface area contributed by atoms with Crippen LogP contribution in [0.5, 0.6) is 0 Å². The van der Waals surface area contributed by atoms with Crippen molar-refractivity contribution in [1.29, 1.82) is 0 Å². The molecule has 0 unspecified atom stereocenters. The molecule has 0 aromatic heterocycles. The third kappa shape index (κ3) is 1.11. The zero-order valence-corrected chi connectivity index (χ0v) is 7.56. The molecule has 0 aromatic carbocycles. The van der Waals surface area contributed by atoms with Gasteiger partial charge in [0.25, 0.3) is 0 Å². The van der Waals surface area contributed by atoms with Gasteiger partial charge in [0.1, 0.15) is 0 Å². The van der Waals surface area contributed by atoms with E-state index in [-0.39, 0.29) is 0 Å². The SMILES string of the molecule is IC[C@H]1CC2(CC2)CO1. The maximum absolute atomic E-state index is 5.57. The van der Waals surface area contributed by atoms with Gasteiger partial charge < -0.3 is 4.74 Å². The molecule has 0 bridgehead atoms. The lowest BCUT2D eigenvalue weighted by Gasteiger charge is -2.01. The van der Waals surface area contributed by atoms with Gasteiger partial charge in [0.15, 0.2) is 0 Å². The summed E-state index contributed by atoms with van der Waals surface area (Å²) in [5.41, 5.74) is 0.690. The Balaban J connectivity index is 1.93. The normalized spacial score (nSPS) is 37.7. The first-order chi connectivity index (χ1) is 4.35. The van der Waals surface area contributed by atoms with Crippen LogP contribution in [0.15, 0.2) is 0 Å². The van der Waals surface area contributed by atoms with Crippen molar-refractivity contribution < 1.29 is 4.74 Å². The highest BCUT2D eigenvalue weighted by molar-refractivity contribution is 14.1. The zero-order valence-electron chi connectivity index (χ0n) is 5.40. The molecular weight excluding hydrogens is 227 g/mol. The molecule has 52 valence electrons. The van der Waals surface area contributed by atoms with Gasteiger partial charge in [-0.3, -0.25) is 0 Å². The second kappa shape index (κ2) is 2.09. The molecule has 1 aliphatic carbocycles. The van der Waals surface area contributed by atoms with Gasteiger partial charge in [-0.2, -0.15) is 0 Å². The van der Waals surface area contributed by atoms with Gasteiger partial charge >= 0.3 is 0 Å². The number of hydrogen-bond acceptors (Lipinski definition) is 1. The van der Waals surface area contributed by atoms with Crippen LogP contribution in [0.4, 0.5) is 0 Å². The van der Waals surface area contributed by atoms with E-state index in [9.17, 15) is 0 Å². The van der Waals surface area contributed by atoms with E-state index in [1.54, 1.807) is 0 Å². The number of alkyl halides is 1. The fourth-order valence-electron chi connectivity index (χ4n) is 1.52. The van der Waals surface area contributed by atoms with E-state index in [1.165, 1.54) is 23.7 Å². The van der Waals surface area contributed by atoms with Crippen LogP contribution in [0, 0.1) is 5.41 Å². The maximum atomic E-state index is 5.57. The Kier molecular flexibility index (Phi) is 1.49. The molecule has 1 atom stereocenters. The molecule has 1 spiro atoms. The minimum Gasteiger partial charge on any atom is -0.377 e. The standard InChI is InChI=1S/C7H11IO/c8-4-6-3-7(1-2-7)5-9-6/h6H,1-5H2/t6-/m1/s1. The fourth-order valence-corrected chi connectivity index (χ4v) is 2.09. The van der Waals surface area contributed by atoms with Gasteiger partial charge in [-0.15, -0.1) is 0 Å². The number of halogens is 1. The van der Waals surface area contributed by atoms with Gasteiger partial charge in [-0.05, 0) is 24.7 Å². The Hall–Kier alpha value is 0.690. The summed E-state index contributed by atoms with van der Waals surface area (Å²) in [6, 6.07) is 0. The van der Waals surface area contributed by atoms with E-state index in [4.69, 9.17) is 4.74 Å². The third-order valence-electron chi connectivity index (χ3n) is 2.42. The highest BCUT2D eigenvalue weighted by Crippen LogP contribution is 2.53. The van der Waals surface area contributed by atoms with Gasteiger partial charge in [0.2, 0.25) is 0 Å². The summed E-state index contributed by atoms with van der Waals surface area (Å²) < 4.78 is 6.75. The lowest BCUT2D eigenvalue weighted by Crippen LogP contribution is -2.05. The highest BCUT2D eigenvalue weighted by Gasteiger charge is 2.48. The Labute approximate surface area is 69.3 Å². The summed E-state index contributed by atoms with van der Waals surface area (Å²) in [5, 5.41) is 0. The average Bonchev–Trinajstić information content (AvgIpc) is 2.44. The molecule has 1 saturated carbocycles. The monoisotopic (exact) mass is 238 g/mol. The molecule has 0 aromatic rings. The Bertz CT molecular complexity index is 120. The zero-order chi connectivity index (χ0) is 6.32. The van der Waals surface area contributed by atoms with Gasteiger partial charge in [0, 0.05) is 4.43 Å². The number of ether oxygens (including phenoxy) is 1. The van der Waals surface area contributed by atoms with Gasteiger partial charge in [-0.1, -0.05) is 22.6 Å². The molecule has 9 heavy (non-hydrogen) atoms. The van der Waals surface area contributed by atoms with E-state index in [0.717, 1.165) is 6.61 Å². The smallest absolute Gasteiger partial charge is 0.0670 e. The number of rotatable bonds is 1. The van der Waals surface area contributed by atoms with Crippen molar-refractivity contribution in [3.63, 3.8) is 0 Å². The van der Waals surface area contributed by atoms with E-state index in [1.807, 2.05) is 0 Å². The topological polar surface area (TPSA) is 9.23 Å². The van der Waals surface area contributed by atoms with Crippen LogP contribution in [-0.2, 0) is 4.74 Å². The van der Waals surface area contributed by atoms with Crippen LogP contribution in [0.1, 0.15) is 19.3 Å². The minimum atomic E-state index is 0.591. The molecular formula is C7H11IO. The fraction of sp³-hybridized carbons (Fsp3) is 1.00. The van der Waals surface area contributed by atoms with Crippen molar-refractivity contribution in [2.75, 3.05) is 11.0 Å². The van der Waals surface area contributed by atoms with Crippen molar-refractivity contribution in [3.05, 3.63) is 0 Å². The minimum absolute atomic E-state index is 0.591. The molecule has 0 N–H and O–H groups in total. The summed E-state index contributed by atoms with van der Waals surface area (Å²) in [7, 11) is 0. The second-order valence-corrected chi connectivity index (χ2v) is 4.17. The molecule has 2 rings (SSSR count). The third-order valence-corrected chi connectivity index (χ3v) is 3.40. The molecule has 1 heterocycles. The molecule has 1 saturated heterocycles. The lowest BCUT2D eigenvalue weighted by atomic mass is 10.0. The molecule has 1 nitrogen and oxygen atoms in total. The predicted molar refractivity (Wildman–Crippen MR) is 44.9 cm³/mol. The maximum Gasteiger partial charge on any atom is 0.0670 e. The van der Waals surface area contributed by atoms with Crippen LogP contribution in [0.2, 0.25) is 0 Å². The van der Waals surface area contributed by atoms with Crippen molar-refractivity contribution in [2.45, 2.75) is 25.4 Å². The molecule has 2 fully saturated rings. The summed E-state index contributed by atoms with van der Waals surface area (Å²) in [4.78, 5) is 0. The lowest BCUT2D eigenvalue weighted by molar-refractivity contribution is 0.123. The molecule has 0 amide bonds. The molecule has 2 heteroatoms. The predicted octanol–water partition coefficient (Wildman–Crippen LogP) is 1.99. The van der Waals surface area contributed by atoms with E-state index < -0.39 is 0 Å². The largest absolute Gasteiger partial charge is 0.377 e.